The third kappa shape index (κ3) is 6.17. The molecule has 0 spiro atoms. The molecule has 8 nitrogen and oxygen atoms in total. The highest BCUT2D eigenvalue weighted by Gasteiger charge is 2.27. The molecule has 27 heavy (non-hydrogen) atoms. The Kier molecular flexibility index (Phi) is 8.03. The van der Waals surface area contributed by atoms with Crippen LogP contribution in [0.25, 0.3) is 0 Å². The summed E-state index contributed by atoms with van der Waals surface area (Å²) in [5, 5.41) is 2.66. The van der Waals surface area contributed by atoms with Crippen LogP contribution in [0.15, 0.2) is 23.1 Å². The van der Waals surface area contributed by atoms with Gasteiger partial charge in [-0.15, -0.1) is 0 Å². The molecule has 1 heterocycles. The van der Waals surface area contributed by atoms with Crippen LogP contribution in [0.1, 0.15) is 26.2 Å². The lowest BCUT2D eigenvalue weighted by Crippen LogP contribution is -2.40. The van der Waals surface area contributed by atoms with Crippen LogP contribution in [-0.2, 0) is 29.1 Å². The van der Waals surface area contributed by atoms with Gasteiger partial charge in [0.2, 0.25) is 10.0 Å². The van der Waals surface area contributed by atoms with Gasteiger partial charge in [-0.1, -0.05) is 24.9 Å². The standard InChI is InChI=1S/C17H23ClN2O6S/c1-2-3-4-17(22)26-12-16(21)19-15-11-13(5-6-14(15)18)27(23,24)20-7-9-25-10-8-20/h5-6,11H,2-4,7-10,12H2,1H3,(H,19,21). The zero-order valence-electron chi connectivity index (χ0n) is 15.1. The van der Waals surface area contributed by atoms with Crippen LogP contribution in [0.4, 0.5) is 5.69 Å². The zero-order valence-corrected chi connectivity index (χ0v) is 16.6. The van der Waals surface area contributed by atoms with Crippen LogP contribution in [0.5, 0.6) is 0 Å². The summed E-state index contributed by atoms with van der Waals surface area (Å²) < 4.78 is 36.8. The molecule has 1 aliphatic rings. The van der Waals surface area contributed by atoms with E-state index in [1.165, 1.54) is 22.5 Å². The van der Waals surface area contributed by atoms with E-state index in [4.69, 9.17) is 21.1 Å². The number of benzene rings is 1. The Hall–Kier alpha value is -1.68. The maximum atomic E-state index is 12.7. The summed E-state index contributed by atoms with van der Waals surface area (Å²) in [5.74, 6) is -1.05. The summed E-state index contributed by atoms with van der Waals surface area (Å²) in [5.41, 5.74) is 0.139. The van der Waals surface area contributed by atoms with Crippen molar-refractivity contribution in [2.45, 2.75) is 31.1 Å². The van der Waals surface area contributed by atoms with Crippen molar-refractivity contribution in [1.82, 2.24) is 4.31 Å². The maximum Gasteiger partial charge on any atom is 0.306 e. The van der Waals surface area contributed by atoms with E-state index in [9.17, 15) is 18.0 Å². The molecule has 1 fully saturated rings. The number of sulfonamides is 1. The molecule has 1 amide bonds. The molecule has 1 saturated heterocycles. The van der Waals surface area contributed by atoms with Gasteiger partial charge in [-0.2, -0.15) is 4.31 Å². The van der Waals surface area contributed by atoms with Gasteiger partial charge in [0.15, 0.2) is 6.61 Å². The molecule has 0 aromatic heterocycles. The molecule has 0 atom stereocenters. The molecule has 1 aromatic carbocycles. The number of esters is 1. The van der Waals surface area contributed by atoms with E-state index >= 15 is 0 Å². The third-order valence-electron chi connectivity index (χ3n) is 3.92. The fourth-order valence-electron chi connectivity index (χ4n) is 2.42. The van der Waals surface area contributed by atoms with Crippen molar-refractivity contribution in [3.63, 3.8) is 0 Å². The minimum Gasteiger partial charge on any atom is -0.456 e. The molecule has 0 bridgehead atoms. The maximum absolute atomic E-state index is 12.7. The monoisotopic (exact) mass is 418 g/mol. The lowest BCUT2D eigenvalue weighted by atomic mass is 10.2. The van der Waals surface area contributed by atoms with Crippen molar-refractivity contribution >= 4 is 39.2 Å². The van der Waals surface area contributed by atoms with Gasteiger partial charge < -0.3 is 14.8 Å². The Bertz CT molecular complexity index is 778. The van der Waals surface area contributed by atoms with E-state index in [1.54, 1.807) is 0 Å². The van der Waals surface area contributed by atoms with Crippen LogP contribution < -0.4 is 5.32 Å². The molecular weight excluding hydrogens is 396 g/mol. The number of morpholine rings is 1. The van der Waals surface area contributed by atoms with Crippen LogP contribution >= 0.6 is 11.6 Å². The van der Waals surface area contributed by atoms with Crippen molar-refractivity contribution in [2.24, 2.45) is 0 Å². The van der Waals surface area contributed by atoms with Gasteiger partial charge in [0.1, 0.15) is 0 Å². The molecule has 1 aliphatic heterocycles. The number of carbonyl (C=O) groups excluding carboxylic acids is 2. The van der Waals surface area contributed by atoms with Crippen molar-refractivity contribution < 1.29 is 27.5 Å². The molecule has 0 unspecified atom stereocenters. The lowest BCUT2D eigenvalue weighted by molar-refractivity contribution is -0.147. The molecule has 2 rings (SSSR count). The molecule has 150 valence electrons. The molecule has 1 aromatic rings. The predicted octanol–water partition coefficient (Wildman–Crippen LogP) is 2.03. The van der Waals surface area contributed by atoms with Crippen LogP contribution in [0, 0.1) is 0 Å². The first-order valence-corrected chi connectivity index (χ1v) is 10.5. The second-order valence-corrected chi connectivity index (χ2v) is 8.32. The highest BCUT2D eigenvalue weighted by atomic mass is 35.5. The SMILES string of the molecule is CCCCC(=O)OCC(=O)Nc1cc(S(=O)(=O)N2CCOCC2)ccc1Cl. The van der Waals surface area contributed by atoms with E-state index in [2.05, 4.69) is 5.32 Å². The van der Waals surface area contributed by atoms with E-state index in [-0.39, 0.29) is 35.1 Å². The summed E-state index contributed by atoms with van der Waals surface area (Å²) in [6, 6.07) is 4.08. The molecule has 10 heteroatoms. The minimum atomic E-state index is -3.72. The molecule has 0 aliphatic carbocycles. The number of hydrogen-bond donors (Lipinski definition) is 1. The van der Waals surface area contributed by atoms with E-state index in [0.29, 0.717) is 19.6 Å². The van der Waals surface area contributed by atoms with Gasteiger partial charge >= 0.3 is 5.97 Å². The number of amides is 1. The number of rotatable bonds is 8. The van der Waals surface area contributed by atoms with Gasteiger partial charge in [-0.3, -0.25) is 9.59 Å². The van der Waals surface area contributed by atoms with E-state index < -0.39 is 28.5 Å². The molecule has 0 radical (unpaired) electrons. The van der Waals surface area contributed by atoms with Crippen molar-refractivity contribution in [3.05, 3.63) is 23.2 Å². The normalized spacial score (nSPS) is 15.3. The highest BCUT2D eigenvalue weighted by Crippen LogP contribution is 2.27. The Balaban J connectivity index is 2.04. The average molecular weight is 419 g/mol. The fourth-order valence-corrected chi connectivity index (χ4v) is 4.02. The van der Waals surface area contributed by atoms with Gasteiger partial charge in [0.05, 0.1) is 28.8 Å². The molecular formula is C17H23ClN2O6S. The van der Waals surface area contributed by atoms with Gasteiger partial charge in [-0.05, 0) is 24.6 Å². The number of halogens is 1. The topological polar surface area (TPSA) is 102 Å². The number of hydrogen-bond acceptors (Lipinski definition) is 6. The number of carbonyl (C=O) groups is 2. The molecule has 0 saturated carbocycles. The number of nitrogens with one attached hydrogen (secondary N) is 1. The van der Waals surface area contributed by atoms with E-state index in [1.807, 2.05) is 6.92 Å². The highest BCUT2D eigenvalue weighted by molar-refractivity contribution is 7.89. The summed E-state index contributed by atoms with van der Waals surface area (Å²) in [4.78, 5) is 23.5. The van der Waals surface area contributed by atoms with Crippen molar-refractivity contribution in [1.29, 1.82) is 0 Å². The Morgan fingerprint density at radius 1 is 1.30 bits per heavy atom. The van der Waals surface area contributed by atoms with E-state index in [0.717, 1.165) is 6.42 Å². The van der Waals surface area contributed by atoms with Crippen molar-refractivity contribution in [3.8, 4) is 0 Å². The first kappa shape index (κ1) is 21.6. The predicted molar refractivity (Wildman–Crippen MR) is 100 cm³/mol. The van der Waals surface area contributed by atoms with Crippen molar-refractivity contribution in [2.75, 3.05) is 38.2 Å². The first-order valence-electron chi connectivity index (χ1n) is 8.67. The quantitative estimate of drug-likeness (QED) is 0.648. The largest absolute Gasteiger partial charge is 0.456 e. The summed E-state index contributed by atoms with van der Waals surface area (Å²) >= 11 is 6.06. The second kappa shape index (κ2) is 10.0. The number of ether oxygens (including phenoxy) is 2. The van der Waals surface area contributed by atoms with Gasteiger partial charge in [-0.25, -0.2) is 8.42 Å². The van der Waals surface area contributed by atoms with Gasteiger partial charge in [0.25, 0.3) is 5.91 Å². The fraction of sp³-hybridized carbons (Fsp3) is 0.529. The van der Waals surface area contributed by atoms with Crippen LogP contribution in [-0.4, -0.2) is 57.5 Å². The molecule has 1 N–H and O–H groups in total. The summed E-state index contributed by atoms with van der Waals surface area (Å²) in [6.45, 7) is 2.68. The Morgan fingerprint density at radius 3 is 2.67 bits per heavy atom. The zero-order chi connectivity index (χ0) is 19.9. The summed E-state index contributed by atoms with van der Waals surface area (Å²) in [7, 11) is -3.72. The van der Waals surface area contributed by atoms with Gasteiger partial charge in [0, 0.05) is 19.5 Å². The Morgan fingerprint density at radius 2 is 2.00 bits per heavy atom. The first-order chi connectivity index (χ1) is 12.8. The number of nitrogens with zero attached hydrogens (tertiary/aromatic N) is 1. The second-order valence-electron chi connectivity index (χ2n) is 5.97. The lowest BCUT2D eigenvalue weighted by Gasteiger charge is -2.26. The smallest absolute Gasteiger partial charge is 0.306 e. The summed E-state index contributed by atoms with van der Waals surface area (Å²) in [6.07, 6.45) is 1.78. The average Bonchev–Trinajstić information content (AvgIpc) is 2.67. The van der Waals surface area contributed by atoms with Crippen LogP contribution in [0.3, 0.4) is 0 Å². The number of unbranched alkanes of at least 4 members (excludes halogenated alkanes) is 1. The van der Waals surface area contributed by atoms with Crippen LogP contribution in [0.2, 0.25) is 5.02 Å². The number of anilines is 1. The minimum absolute atomic E-state index is 0.0176. The third-order valence-corrected chi connectivity index (χ3v) is 6.14. The Labute approximate surface area is 163 Å².